The minimum Gasteiger partial charge on any atom is -0.494 e. The standard InChI is InChI=1S/C22H24BrNO4/c1-15(25)12-19-18-13-17(28-11-5-8-21(26)27)9-10-20(18)24(22(19)23)14-16-6-3-2-4-7-16/h2-4,6-7,9-10,13,21,26-27H,5,8,11-12,14H2,1H3. The lowest BCUT2D eigenvalue weighted by Gasteiger charge is -2.09. The van der Waals surface area contributed by atoms with Gasteiger partial charge in [-0.3, -0.25) is 4.79 Å². The summed E-state index contributed by atoms with van der Waals surface area (Å²) < 4.78 is 8.83. The Morgan fingerprint density at radius 1 is 1.18 bits per heavy atom. The van der Waals surface area contributed by atoms with Gasteiger partial charge in [0.1, 0.15) is 11.5 Å². The van der Waals surface area contributed by atoms with Crippen molar-refractivity contribution in [2.45, 2.75) is 39.0 Å². The van der Waals surface area contributed by atoms with Crippen molar-refractivity contribution in [2.75, 3.05) is 6.61 Å². The molecule has 0 radical (unpaired) electrons. The van der Waals surface area contributed by atoms with Gasteiger partial charge in [-0.25, -0.2) is 0 Å². The van der Waals surface area contributed by atoms with Gasteiger partial charge in [-0.05, 0) is 58.6 Å². The van der Waals surface area contributed by atoms with E-state index < -0.39 is 6.29 Å². The van der Waals surface area contributed by atoms with Gasteiger partial charge >= 0.3 is 0 Å². The van der Waals surface area contributed by atoms with Gasteiger partial charge < -0.3 is 19.5 Å². The molecule has 0 saturated carbocycles. The first kappa shape index (κ1) is 20.6. The number of rotatable bonds is 9. The summed E-state index contributed by atoms with van der Waals surface area (Å²) in [6.07, 6.45) is -0.138. The van der Waals surface area contributed by atoms with Gasteiger partial charge in [-0.2, -0.15) is 0 Å². The summed E-state index contributed by atoms with van der Waals surface area (Å²) in [5, 5.41) is 18.8. The first-order chi connectivity index (χ1) is 13.5. The van der Waals surface area contributed by atoms with E-state index in [1.54, 1.807) is 6.92 Å². The molecule has 2 N–H and O–H groups in total. The molecule has 0 atom stereocenters. The quantitative estimate of drug-likeness (QED) is 0.384. The molecule has 0 fully saturated rings. The number of halogens is 1. The lowest BCUT2D eigenvalue weighted by atomic mass is 10.1. The molecule has 5 nitrogen and oxygen atoms in total. The normalized spacial score (nSPS) is 11.3. The number of hydrogen-bond donors (Lipinski definition) is 2. The smallest absolute Gasteiger partial charge is 0.151 e. The molecule has 28 heavy (non-hydrogen) atoms. The second kappa shape index (κ2) is 9.37. The van der Waals surface area contributed by atoms with Crippen LogP contribution >= 0.6 is 15.9 Å². The molecule has 0 unspecified atom stereocenters. The molecule has 0 aliphatic carbocycles. The maximum atomic E-state index is 11.8. The van der Waals surface area contributed by atoms with Crippen LogP contribution in [-0.4, -0.2) is 33.5 Å². The summed E-state index contributed by atoms with van der Waals surface area (Å²) in [6.45, 7) is 2.69. The lowest BCUT2D eigenvalue weighted by molar-refractivity contribution is -0.116. The number of carbonyl (C=O) groups is 1. The average molecular weight is 446 g/mol. The topological polar surface area (TPSA) is 71.7 Å². The van der Waals surface area contributed by atoms with Crippen molar-refractivity contribution >= 4 is 32.6 Å². The number of fused-ring (bicyclic) bond motifs is 1. The highest BCUT2D eigenvalue weighted by Crippen LogP contribution is 2.34. The Kier molecular flexibility index (Phi) is 6.88. The van der Waals surface area contributed by atoms with Crippen LogP contribution < -0.4 is 4.74 Å². The molecular weight excluding hydrogens is 422 g/mol. The predicted octanol–water partition coefficient (Wildman–Crippen LogP) is 4.05. The van der Waals surface area contributed by atoms with Gasteiger partial charge in [0.2, 0.25) is 0 Å². The fourth-order valence-corrected chi connectivity index (χ4v) is 3.93. The predicted molar refractivity (Wildman–Crippen MR) is 113 cm³/mol. The molecule has 6 heteroatoms. The summed E-state index contributed by atoms with van der Waals surface area (Å²) in [6, 6.07) is 16.0. The zero-order chi connectivity index (χ0) is 20.1. The van der Waals surface area contributed by atoms with E-state index in [9.17, 15) is 4.79 Å². The molecule has 148 valence electrons. The van der Waals surface area contributed by atoms with Crippen LogP contribution in [0.25, 0.3) is 10.9 Å². The van der Waals surface area contributed by atoms with Crippen LogP contribution in [0.1, 0.15) is 30.9 Å². The van der Waals surface area contributed by atoms with Crippen molar-refractivity contribution in [1.82, 2.24) is 4.57 Å². The zero-order valence-corrected chi connectivity index (χ0v) is 17.4. The summed E-state index contributed by atoms with van der Waals surface area (Å²) in [7, 11) is 0. The number of benzene rings is 2. The highest BCUT2D eigenvalue weighted by molar-refractivity contribution is 9.10. The average Bonchev–Trinajstić information content (AvgIpc) is 2.91. The first-order valence-electron chi connectivity index (χ1n) is 9.28. The van der Waals surface area contributed by atoms with Gasteiger partial charge in [0.05, 0.1) is 11.2 Å². The minimum absolute atomic E-state index is 0.0997. The number of Topliss-reactive ketones (excluding diaryl/α,β-unsaturated/α-hetero) is 1. The van der Waals surface area contributed by atoms with Crippen LogP contribution in [0.15, 0.2) is 53.1 Å². The van der Waals surface area contributed by atoms with E-state index in [0.29, 0.717) is 31.7 Å². The molecule has 0 aliphatic heterocycles. The van der Waals surface area contributed by atoms with Gasteiger partial charge in [-0.15, -0.1) is 0 Å². The van der Waals surface area contributed by atoms with Crippen LogP contribution in [0.5, 0.6) is 5.75 Å². The second-order valence-electron chi connectivity index (χ2n) is 6.87. The fraction of sp³-hybridized carbons (Fsp3) is 0.318. The van der Waals surface area contributed by atoms with Gasteiger partial charge in [-0.1, -0.05) is 30.3 Å². The summed E-state index contributed by atoms with van der Waals surface area (Å²) in [4.78, 5) is 11.8. The molecule has 2 aromatic carbocycles. The van der Waals surface area contributed by atoms with E-state index in [2.05, 4.69) is 32.6 Å². The molecule has 0 bridgehead atoms. The summed E-state index contributed by atoms with van der Waals surface area (Å²) in [5.41, 5.74) is 3.16. The van der Waals surface area contributed by atoms with Crippen molar-refractivity contribution in [3.8, 4) is 5.75 Å². The van der Waals surface area contributed by atoms with E-state index in [0.717, 1.165) is 21.1 Å². The van der Waals surface area contributed by atoms with E-state index in [1.165, 1.54) is 5.56 Å². The molecule has 3 rings (SSSR count). The maximum absolute atomic E-state index is 11.8. The van der Waals surface area contributed by atoms with Crippen molar-refractivity contribution in [3.63, 3.8) is 0 Å². The van der Waals surface area contributed by atoms with Gasteiger partial charge in [0.15, 0.2) is 6.29 Å². The number of ketones is 1. The Balaban J connectivity index is 1.93. The molecule has 1 aromatic heterocycles. The molecule has 0 spiro atoms. The molecule has 0 saturated heterocycles. The Bertz CT molecular complexity index is 950. The van der Waals surface area contributed by atoms with Gasteiger partial charge in [0, 0.05) is 30.3 Å². The van der Waals surface area contributed by atoms with Crippen molar-refractivity contribution in [1.29, 1.82) is 0 Å². The van der Waals surface area contributed by atoms with E-state index >= 15 is 0 Å². The SMILES string of the molecule is CC(=O)Cc1c(Br)n(Cc2ccccc2)c2ccc(OCCCC(O)O)cc12. The number of ether oxygens (including phenoxy) is 1. The number of aliphatic hydroxyl groups excluding tert-OH is 1. The monoisotopic (exact) mass is 445 g/mol. The summed E-state index contributed by atoms with van der Waals surface area (Å²) >= 11 is 3.70. The van der Waals surface area contributed by atoms with E-state index in [4.69, 9.17) is 14.9 Å². The van der Waals surface area contributed by atoms with Crippen LogP contribution in [0, 0.1) is 0 Å². The van der Waals surface area contributed by atoms with Crippen molar-refractivity contribution in [2.24, 2.45) is 0 Å². The lowest BCUT2D eigenvalue weighted by Crippen LogP contribution is -2.07. The minimum atomic E-state index is -1.31. The third kappa shape index (κ3) is 5.01. The van der Waals surface area contributed by atoms with Crippen molar-refractivity contribution < 1.29 is 19.7 Å². The largest absolute Gasteiger partial charge is 0.494 e. The number of hydrogen-bond acceptors (Lipinski definition) is 4. The second-order valence-corrected chi connectivity index (χ2v) is 7.62. The molecule has 0 amide bonds. The Morgan fingerprint density at radius 3 is 2.61 bits per heavy atom. The Morgan fingerprint density at radius 2 is 1.93 bits per heavy atom. The third-order valence-electron chi connectivity index (χ3n) is 4.55. The van der Waals surface area contributed by atoms with Crippen LogP contribution in [-0.2, 0) is 17.8 Å². The molecular formula is C22H24BrNO4. The highest BCUT2D eigenvalue weighted by atomic mass is 79.9. The number of nitrogens with zero attached hydrogens (tertiary/aromatic N) is 1. The van der Waals surface area contributed by atoms with Crippen molar-refractivity contribution in [3.05, 3.63) is 64.3 Å². The third-order valence-corrected chi connectivity index (χ3v) is 5.46. The van der Waals surface area contributed by atoms with E-state index in [-0.39, 0.29) is 12.2 Å². The highest BCUT2D eigenvalue weighted by Gasteiger charge is 2.17. The van der Waals surface area contributed by atoms with Gasteiger partial charge in [0.25, 0.3) is 0 Å². The molecule has 3 aromatic rings. The Hall–Kier alpha value is -2.15. The zero-order valence-electron chi connectivity index (χ0n) is 15.8. The maximum Gasteiger partial charge on any atom is 0.151 e. The molecule has 1 heterocycles. The molecule has 0 aliphatic rings. The number of carbonyl (C=O) groups excluding carboxylic acids is 1. The Labute approximate surface area is 172 Å². The van der Waals surface area contributed by atoms with E-state index in [1.807, 2.05) is 36.4 Å². The summed E-state index contributed by atoms with van der Waals surface area (Å²) in [5.74, 6) is 0.803. The first-order valence-corrected chi connectivity index (χ1v) is 10.1. The van der Waals surface area contributed by atoms with Crippen LogP contribution in [0.4, 0.5) is 0 Å². The van der Waals surface area contributed by atoms with Crippen LogP contribution in [0.3, 0.4) is 0 Å². The van der Waals surface area contributed by atoms with Crippen LogP contribution in [0.2, 0.25) is 0 Å². The fourth-order valence-electron chi connectivity index (χ4n) is 3.26. The number of aromatic nitrogens is 1. The number of aliphatic hydroxyl groups is 2.